The molecule has 0 bridgehead atoms. The number of anilines is 1. The van der Waals surface area contributed by atoms with Crippen LogP contribution in [0.5, 0.6) is 0 Å². The number of ether oxygens (including phenoxy) is 1. The first-order valence-electron chi connectivity index (χ1n) is 10.3. The Bertz CT molecular complexity index is 543. The molecule has 2 aliphatic rings. The minimum Gasteiger partial charge on any atom is -0.378 e. The van der Waals surface area contributed by atoms with Gasteiger partial charge in [0.15, 0.2) is 0 Å². The van der Waals surface area contributed by atoms with Crippen molar-refractivity contribution in [3.05, 3.63) is 29.8 Å². The van der Waals surface area contributed by atoms with Crippen LogP contribution in [0.1, 0.15) is 50.5 Å². The van der Waals surface area contributed by atoms with Crippen molar-refractivity contribution >= 4 is 24.1 Å². The van der Waals surface area contributed by atoms with Crippen LogP contribution in [0.15, 0.2) is 24.3 Å². The zero-order valence-electron chi connectivity index (χ0n) is 16.3. The van der Waals surface area contributed by atoms with Crippen molar-refractivity contribution < 1.29 is 9.53 Å². The molecule has 5 nitrogen and oxygen atoms in total. The lowest BCUT2D eigenvalue weighted by molar-refractivity contribution is 0.000628. The number of hydrogen-bond acceptors (Lipinski definition) is 3. The molecule has 1 aromatic carbocycles. The third kappa shape index (κ3) is 7.68. The minimum atomic E-state index is 0. The third-order valence-corrected chi connectivity index (χ3v) is 5.37. The van der Waals surface area contributed by atoms with Gasteiger partial charge in [0.1, 0.15) is 0 Å². The van der Waals surface area contributed by atoms with Gasteiger partial charge in [-0.3, -0.25) is 0 Å². The second-order valence-electron chi connectivity index (χ2n) is 7.45. The number of urea groups is 1. The summed E-state index contributed by atoms with van der Waals surface area (Å²) in [7, 11) is 0. The lowest BCUT2D eigenvalue weighted by atomic mass is 9.96. The molecule has 27 heavy (non-hydrogen) atoms. The number of carbonyl (C=O) groups excluding carboxylic acids is 1. The number of amides is 2. The molecule has 1 aliphatic carbocycles. The smallest absolute Gasteiger partial charge is 0.321 e. The predicted molar refractivity (Wildman–Crippen MR) is 113 cm³/mol. The Kier molecular flexibility index (Phi) is 9.95. The Labute approximate surface area is 169 Å². The molecule has 0 atom stereocenters. The lowest BCUT2D eigenvalue weighted by Crippen LogP contribution is -2.48. The number of aryl methyl sites for hydroxylation is 1. The quantitative estimate of drug-likeness (QED) is 0.615. The molecule has 152 valence electrons. The fraction of sp³-hybridized carbons (Fsp3) is 0.667. The molecule has 0 aromatic heterocycles. The van der Waals surface area contributed by atoms with Crippen molar-refractivity contribution in [2.24, 2.45) is 0 Å². The number of piperazine rings is 1. The molecule has 0 radical (unpaired) electrons. The molecule has 1 aromatic rings. The van der Waals surface area contributed by atoms with E-state index < -0.39 is 0 Å². The number of benzene rings is 1. The van der Waals surface area contributed by atoms with Gasteiger partial charge in [-0.1, -0.05) is 25.0 Å². The number of halogens is 1. The van der Waals surface area contributed by atoms with Crippen LogP contribution in [0.3, 0.4) is 0 Å². The first-order chi connectivity index (χ1) is 12.8. The van der Waals surface area contributed by atoms with Gasteiger partial charge >= 0.3 is 6.03 Å². The maximum atomic E-state index is 12.2. The first-order valence-corrected chi connectivity index (χ1v) is 10.3. The van der Waals surface area contributed by atoms with E-state index >= 15 is 0 Å². The molecule has 3 rings (SSSR count). The standard InChI is InChI=1S/C21H33N3O2.ClH/c25-21(24-15-13-22-14-16-24)23-19-11-9-18(10-12-19)6-3-1-2-4-17-26-20-7-5-8-20;/h9-12,20,22H,1-8,13-17H2,(H,23,25);1H. The average molecular weight is 396 g/mol. The number of rotatable bonds is 9. The van der Waals surface area contributed by atoms with Crippen molar-refractivity contribution in [3.63, 3.8) is 0 Å². The Hall–Kier alpha value is -1.30. The molecular weight excluding hydrogens is 362 g/mol. The van der Waals surface area contributed by atoms with Gasteiger partial charge in [0.2, 0.25) is 0 Å². The van der Waals surface area contributed by atoms with Crippen LogP contribution in [0.4, 0.5) is 10.5 Å². The van der Waals surface area contributed by atoms with Gasteiger partial charge in [-0.2, -0.15) is 0 Å². The Morgan fingerprint density at radius 3 is 2.44 bits per heavy atom. The minimum absolute atomic E-state index is 0. The van der Waals surface area contributed by atoms with Crippen LogP contribution in [-0.4, -0.2) is 49.8 Å². The molecule has 1 saturated carbocycles. The molecule has 2 N–H and O–H groups in total. The highest BCUT2D eigenvalue weighted by atomic mass is 35.5. The van der Waals surface area contributed by atoms with E-state index in [-0.39, 0.29) is 18.4 Å². The van der Waals surface area contributed by atoms with E-state index in [1.807, 2.05) is 17.0 Å². The second-order valence-corrected chi connectivity index (χ2v) is 7.45. The van der Waals surface area contributed by atoms with Gasteiger partial charge in [-0.05, 0) is 56.2 Å². The topological polar surface area (TPSA) is 53.6 Å². The normalized spacial score (nSPS) is 17.1. The van der Waals surface area contributed by atoms with E-state index in [0.717, 1.165) is 44.9 Å². The summed E-state index contributed by atoms with van der Waals surface area (Å²) in [4.78, 5) is 14.1. The summed E-state index contributed by atoms with van der Waals surface area (Å²) >= 11 is 0. The third-order valence-electron chi connectivity index (χ3n) is 5.37. The highest BCUT2D eigenvalue weighted by Gasteiger charge is 2.17. The summed E-state index contributed by atoms with van der Waals surface area (Å²) in [6.45, 7) is 4.23. The van der Waals surface area contributed by atoms with Gasteiger partial charge in [0.25, 0.3) is 0 Å². The van der Waals surface area contributed by atoms with E-state index in [2.05, 4.69) is 22.8 Å². The summed E-state index contributed by atoms with van der Waals surface area (Å²) in [5.41, 5.74) is 2.22. The molecule has 2 amide bonds. The fourth-order valence-corrected chi connectivity index (χ4v) is 3.40. The first kappa shape index (κ1) is 22.0. The summed E-state index contributed by atoms with van der Waals surface area (Å²) in [6.07, 6.45) is 10.5. The Balaban J connectivity index is 0.00000261. The largest absolute Gasteiger partial charge is 0.378 e. The van der Waals surface area contributed by atoms with Crippen molar-refractivity contribution in [2.75, 3.05) is 38.1 Å². The van der Waals surface area contributed by atoms with E-state index in [9.17, 15) is 4.79 Å². The summed E-state index contributed by atoms with van der Waals surface area (Å²) in [5.74, 6) is 0. The molecule has 1 aliphatic heterocycles. The molecular formula is C21H34ClN3O2. The number of carbonyl (C=O) groups is 1. The van der Waals surface area contributed by atoms with E-state index in [4.69, 9.17) is 4.74 Å². The fourth-order valence-electron chi connectivity index (χ4n) is 3.40. The van der Waals surface area contributed by atoms with Crippen LogP contribution < -0.4 is 10.6 Å². The van der Waals surface area contributed by atoms with E-state index in [0.29, 0.717) is 6.10 Å². The molecule has 1 saturated heterocycles. The average Bonchev–Trinajstić information content (AvgIpc) is 2.64. The van der Waals surface area contributed by atoms with Crippen molar-refractivity contribution in [2.45, 2.75) is 57.5 Å². The van der Waals surface area contributed by atoms with Crippen LogP contribution in [0.25, 0.3) is 0 Å². The molecule has 6 heteroatoms. The van der Waals surface area contributed by atoms with Crippen LogP contribution in [-0.2, 0) is 11.2 Å². The number of unbranched alkanes of at least 4 members (excludes halogenated alkanes) is 3. The van der Waals surface area contributed by atoms with Gasteiger partial charge < -0.3 is 20.3 Å². The van der Waals surface area contributed by atoms with Gasteiger partial charge in [-0.15, -0.1) is 12.4 Å². The number of nitrogens with one attached hydrogen (secondary N) is 2. The highest BCUT2D eigenvalue weighted by Crippen LogP contribution is 2.22. The Morgan fingerprint density at radius 1 is 1.07 bits per heavy atom. The monoisotopic (exact) mass is 395 g/mol. The number of hydrogen-bond donors (Lipinski definition) is 2. The lowest BCUT2D eigenvalue weighted by Gasteiger charge is -2.27. The van der Waals surface area contributed by atoms with Gasteiger partial charge in [-0.25, -0.2) is 4.79 Å². The van der Waals surface area contributed by atoms with Crippen molar-refractivity contribution in [1.29, 1.82) is 0 Å². The zero-order valence-corrected chi connectivity index (χ0v) is 17.1. The summed E-state index contributed by atoms with van der Waals surface area (Å²) in [5, 5.41) is 6.25. The van der Waals surface area contributed by atoms with Crippen LogP contribution >= 0.6 is 12.4 Å². The summed E-state index contributed by atoms with van der Waals surface area (Å²) in [6, 6.07) is 8.30. The molecule has 2 fully saturated rings. The predicted octanol–water partition coefficient (Wildman–Crippen LogP) is 4.22. The van der Waals surface area contributed by atoms with Crippen LogP contribution in [0.2, 0.25) is 0 Å². The van der Waals surface area contributed by atoms with E-state index in [1.54, 1.807) is 0 Å². The molecule has 0 unspecified atom stereocenters. The highest BCUT2D eigenvalue weighted by molar-refractivity contribution is 5.89. The van der Waals surface area contributed by atoms with Gasteiger partial charge in [0, 0.05) is 38.5 Å². The van der Waals surface area contributed by atoms with Crippen LogP contribution in [0, 0.1) is 0 Å². The van der Waals surface area contributed by atoms with Crippen molar-refractivity contribution in [1.82, 2.24) is 10.2 Å². The summed E-state index contributed by atoms with van der Waals surface area (Å²) < 4.78 is 5.79. The number of nitrogens with zero attached hydrogens (tertiary/aromatic N) is 1. The van der Waals surface area contributed by atoms with Crippen molar-refractivity contribution in [3.8, 4) is 0 Å². The Morgan fingerprint density at radius 2 is 1.78 bits per heavy atom. The molecule has 0 spiro atoms. The second kappa shape index (κ2) is 12.2. The maximum Gasteiger partial charge on any atom is 0.321 e. The van der Waals surface area contributed by atoms with Gasteiger partial charge in [0.05, 0.1) is 6.10 Å². The molecule has 1 heterocycles. The zero-order chi connectivity index (χ0) is 18.0. The van der Waals surface area contributed by atoms with E-state index in [1.165, 1.54) is 50.5 Å². The maximum absolute atomic E-state index is 12.2. The SMILES string of the molecule is Cl.O=C(Nc1ccc(CCCCCCOC2CCC2)cc1)N1CCNCC1.